The lowest BCUT2D eigenvalue weighted by atomic mass is 9.87. The number of carbonyl (C=O) groups is 1. The number of hydrogen-bond acceptors (Lipinski definition) is 4. The van der Waals surface area contributed by atoms with E-state index in [4.69, 9.17) is 4.74 Å². The molecule has 134 valence electrons. The third-order valence-electron chi connectivity index (χ3n) is 4.96. The Labute approximate surface area is 150 Å². The molecule has 1 aliphatic rings. The quantitative estimate of drug-likeness (QED) is 0.784. The molecule has 0 unspecified atom stereocenters. The van der Waals surface area contributed by atoms with Crippen molar-refractivity contribution in [1.82, 2.24) is 19.9 Å². The third-order valence-corrected chi connectivity index (χ3v) is 4.96. The Morgan fingerprint density at radius 1 is 1.23 bits per heavy atom. The standard InChI is InChI=1S/C19H19FN4O2/c1-26-16-3-2-13(10-22-16)19(25)24-8-5-12(6-9-24)17-14-4-7-21-18(14)23-11-15(17)20/h2-4,7,10-12H,5-6,8-9H2,1H3,(H,21,23). The maximum atomic E-state index is 14.4. The summed E-state index contributed by atoms with van der Waals surface area (Å²) in [4.78, 5) is 25.6. The highest BCUT2D eigenvalue weighted by Crippen LogP contribution is 2.34. The number of halogens is 1. The minimum atomic E-state index is -0.277. The summed E-state index contributed by atoms with van der Waals surface area (Å²) in [7, 11) is 1.54. The van der Waals surface area contributed by atoms with Crippen molar-refractivity contribution in [2.24, 2.45) is 0 Å². The number of ether oxygens (including phenoxy) is 1. The summed E-state index contributed by atoms with van der Waals surface area (Å²) < 4.78 is 19.4. The van der Waals surface area contributed by atoms with Crippen molar-refractivity contribution >= 4 is 16.9 Å². The number of pyridine rings is 2. The van der Waals surface area contributed by atoms with Crippen LogP contribution in [0.3, 0.4) is 0 Å². The second-order valence-electron chi connectivity index (χ2n) is 6.42. The first kappa shape index (κ1) is 16.5. The van der Waals surface area contributed by atoms with Crippen molar-refractivity contribution in [3.05, 3.63) is 53.7 Å². The lowest BCUT2D eigenvalue weighted by Crippen LogP contribution is -2.38. The van der Waals surface area contributed by atoms with Crippen LogP contribution in [0.5, 0.6) is 5.88 Å². The average molecular weight is 354 g/mol. The number of H-pyrrole nitrogens is 1. The van der Waals surface area contributed by atoms with Crippen LogP contribution in [0.25, 0.3) is 11.0 Å². The molecule has 7 heteroatoms. The molecule has 1 amide bonds. The lowest BCUT2D eigenvalue weighted by Gasteiger charge is -2.32. The van der Waals surface area contributed by atoms with Gasteiger partial charge in [0.15, 0.2) is 0 Å². The zero-order chi connectivity index (χ0) is 18.1. The smallest absolute Gasteiger partial charge is 0.255 e. The van der Waals surface area contributed by atoms with Gasteiger partial charge in [0.1, 0.15) is 11.5 Å². The van der Waals surface area contributed by atoms with E-state index >= 15 is 0 Å². The first-order valence-electron chi connectivity index (χ1n) is 8.58. The Balaban J connectivity index is 1.49. The van der Waals surface area contributed by atoms with Crippen LogP contribution >= 0.6 is 0 Å². The molecule has 3 aromatic heterocycles. The molecule has 0 aliphatic carbocycles. The molecule has 0 radical (unpaired) electrons. The number of aromatic nitrogens is 3. The molecule has 0 aromatic carbocycles. The minimum absolute atomic E-state index is 0.0550. The van der Waals surface area contributed by atoms with Crippen LogP contribution < -0.4 is 4.74 Å². The number of likely N-dealkylation sites (tertiary alicyclic amines) is 1. The van der Waals surface area contributed by atoms with Gasteiger partial charge in [-0.2, -0.15) is 0 Å². The van der Waals surface area contributed by atoms with Gasteiger partial charge >= 0.3 is 0 Å². The fraction of sp³-hybridized carbons (Fsp3) is 0.316. The van der Waals surface area contributed by atoms with E-state index in [9.17, 15) is 9.18 Å². The zero-order valence-corrected chi connectivity index (χ0v) is 14.4. The highest BCUT2D eigenvalue weighted by Gasteiger charge is 2.28. The molecular formula is C19H19FN4O2. The molecule has 3 aromatic rings. The molecule has 0 bridgehead atoms. The SMILES string of the molecule is COc1ccc(C(=O)N2CCC(c3c(F)cnc4[nH]ccc34)CC2)cn1. The van der Waals surface area contributed by atoms with E-state index in [-0.39, 0.29) is 17.6 Å². The van der Waals surface area contributed by atoms with Crippen molar-refractivity contribution in [3.63, 3.8) is 0 Å². The fourth-order valence-corrected chi connectivity index (χ4v) is 3.60. The van der Waals surface area contributed by atoms with Crippen LogP contribution in [0.1, 0.15) is 34.7 Å². The highest BCUT2D eigenvalue weighted by atomic mass is 19.1. The number of nitrogens with one attached hydrogen (secondary N) is 1. The minimum Gasteiger partial charge on any atom is -0.481 e. The molecule has 1 N–H and O–H groups in total. The van der Waals surface area contributed by atoms with Gasteiger partial charge in [-0.15, -0.1) is 0 Å². The van der Waals surface area contributed by atoms with Gasteiger partial charge in [0.2, 0.25) is 5.88 Å². The maximum absolute atomic E-state index is 14.4. The van der Waals surface area contributed by atoms with Crippen LogP contribution in [-0.4, -0.2) is 46.0 Å². The largest absolute Gasteiger partial charge is 0.481 e. The molecule has 0 atom stereocenters. The van der Waals surface area contributed by atoms with Crippen molar-refractivity contribution in [2.45, 2.75) is 18.8 Å². The topological polar surface area (TPSA) is 71.1 Å². The molecule has 0 spiro atoms. The first-order valence-corrected chi connectivity index (χ1v) is 8.58. The van der Waals surface area contributed by atoms with Crippen LogP contribution in [0.4, 0.5) is 4.39 Å². The van der Waals surface area contributed by atoms with Gasteiger partial charge in [-0.3, -0.25) is 4.79 Å². The van der Waals surface area contributed by atoms with Gasteiger partial charge < -0.3 is 14.6 Å². The number of amides is 1. The molecule has 1 saturated heterocycles. The number of methoxy groups -OCH3 is 1. The van der Waals surface area contributed by atoms with E-state index in [0.717, 1.165) is 18.2 Å². The monoisotopic (exact) mass is 354 g/mol. The first-order chi connectivity index (χ1) is 12.7. The number of hydrogen-bond donors (Lipinski definition) is 1. The number of rotatable bonds is 3. The molecule has 1 aliphatic heterocycles. The van der Waals surface area contributed by atoms with Crippen LogP contribution in [0, 0.1) is 5.82 Å². The van der Waals surface area contributed by atoms with Crippen molar-refractivity contribution in [1.29, 1.82) is 0 Å². The van der Waals surface area contributed by atoms with E-state index in [1.807, 2.05) is 6.07 Å². The van der Waals surface area contributed by atoms with Crippen molar-refractivity contribution < 1.29 is 13.9 Å². The summed E-state index contributed by atoms with van der Waals surface area (Å²) in [6, 6.07) is 5.25. The van der Waals surface area contributed by atoms with Gasteiger partial charge in [-0.25, -0.2) is 14.4 Å². The Morgan fingerprint density at radius 3 is 2.73 bits per heavy atom. The Morgan fingerprint density at radius 2 is 2.04 bits per heavy atom. The van der Waals surface area contributed by atoms with E-state index in [1.54, 1.807) is 23.2 Å². The number of aromatic amines is 1. The van der Waals surface area contributed by atoms with Gasteiger partial charge in [0.05, 0.1) is 18.9 Å². The summed E-state index contributed by atoms with van der Waals surface area (Å²) in [5.41, 5.74) is 1.94. The van der Waals surface area contributed by atoms with E-state index in [1.165, 1.54) is 19.5 Å². The van der Waals surface area contributed by atoms with Gasteiger partial charge in [0, 0.05) is 42.5 Å². The number of piperidine rings is 1. The van der Waals surface area contributed by atoms with E-state index in [2.05, 4.69) is 15.0 Å². The number of fused-ring (bicyclic) bond motifs is 1. The lowest BCUT2D eigenvalue weighted by molar-refractivity contribution is 0.0712. The average Bonchev–Trinajstić information content (AvgIpc) is 3.16. The Kier molecular flexibility index (Phi) is 4.28. The Hall–Kier alpha value is -2.96. The second-order valence-corrected chi connectivity index (χ2v) is 6.42. The highest BCUT2D eigenvalue weighted by molar-refractivity contribution is 5.94. The normalized spacial score (nSPS) is 15.4. The van der Waals surface area contributed by atoms with Gasteiger partial charge in [0.25, 0.3) is 5.91 Å². The predicted molar refractivity (Wildman–Crippen MR) is 94.7 cm³/mol. The summed E-state index contributed by atoms with van der Waals surface area (Å²) >= 11 is 0. The summed E-state index contributed by atoms with van der Waals surface area (Å²) in [6.45, 7) is 1.17. The Bertz CT molecular complexity index is 930. The summed E-state index contributed by atoms with van der Waals surface area (Å²) in [5.74, 6) is 0.222. The zero-order valence-electron chi connectivity index (χ0n) is 14.4. The van der Waals surface area contributed by atoms with Crippen molar-refractivity contribution in [3.8, 4) is 5.88 Å². The molecule has 6 nitrogen and oxygen atoms in total. The number of carbonyl (C=O) groups excluding carboxylic acids is 1. The summed E-state index contributed by atoms with van der Waals surface area (Å²) in [5, 5.41) is 0.828. The fourth-order valence-electron chi connectivity index (χ4n) is 3.60. The molecule has 0 saturated carbocycles. The second kappa shape index (κ2) is 6.74. The molecular weight excluding hydrogens is 335 g/mol. The molecule has 4 rings (SSSR count). The predicted octanol–water partition coefficient (Wildman–Crippen LogP) is 3.13. The van der Waals surface area contributed by atoms with Gasteiger partial charge in [-0.05, 0) is 30.9 Å². The van der Waals surface area contributed by atoms with Crippen LogP contribution in [0.2, 0.25) is 0 Å². The summed E-state index contributed by atoms with van der Waals surface area (Å²) in [6.07, 6.45) is 6.01. The molecule has 4 heterocycles. The maximum Gasteiger partial charge on any atom is 0.255 e. The third kappa shape index (κ3) is 2.89. The van der Waals surface area contributed by atoms with Gasteiger partial charge in [-0.1, -0.05) is 0 Å². The van der Waals surface area contributed by atoms with Crippen molar-refractivity contribution in [2.75, 3.05) is 20.2 Å². The van der Waals surface area contributed by atoms with E-state index in [0.29, 0.717) is 35.7 Å². The van der Waals surface area contributed by atoms with Crippen LogP contribution in [-0.2, 0) is 0 Å². The van der Waals surface area contributed by atoms with E-state index < -0.39 is 0 Å². The molecule has 26 heavy (non-hydrogen) atoms. The number of nitrogens with zero attached hydrogens (tertiary/aromatic N) is 3. The van der Waals surface area contributed by atoms with Crippen LogP contribution in [0.15, 0.2) is 36.8 Å². The molecule has 1 fully saturated rings.